The maximum Gasteiger partial charge on any atom is 0.264 e. The van der Waals surface area contributed by atoms with Crippen LogP contribution in [0.2, 0.25) is 0 Å². The molecule has 0 radical (unpaired) electrons. The number of nitrogens with one attached hydrogen (secondary N) is 1. The molecular formula is C34H35BrFN3O4S. The molecule has 7 nitrogen and oxygen atoms in total. The van der Waals surface area contributed by atoms with Gasteiger partial charge in [-0.05, 0) is 80.4 Å². The molecule has 4 rings (SSSR count). The monoisotopic (exact) mass is 679 g/mol. The Morgan fingerprint density at radius 2 is 1.39 bits per heavy atom. The van der Waals surface area contributed by atoms with Crippen molar-refractivity contribution >= 4 is 43.5 Å². The molecule has 0 saturated carbocycles. The van der Waals surface area contributed by atoms with E-state index in [2.05, 4.69) is 21.2 Å². The fourth-order valence-electron chi connectivity index (χ4n) is 4.65. The van der Waals surface area contributed by atoms with Gasteiger partial charge < -0.3 is 10.2 Å². The number of anilines is 1. The molecule has 4 aromatic carbocycles. The van der Waals surface area contributed by atoms with Crippen LogP contribution in [0.1, 0.15) is 31.9 Å². The highest BCUT2D eigenvalue weighted by Gasteiger charge is 2.35. The van der Waals surface area contributed by atoms with Gasteiger partial charge in [0.15, 0.2) is 0 Å². The zero-order valence-corrected chi connectivity index (χ0v) is 27.2. The van der Waals surface area contributed by atoms with E-state index in [1.807, 2.05) is 75.4 Å². The van der Waals surface area contributed by atoms with E-state index in [4.69, 9.17) is 0 Å². The van der Waals surface area contributed by atoms with Crippen molar-refractivity contribution in [1.29, 1.82) is 0 Å². The lowest BCUT2D eigenvalue weighted by Gasteiger charge is -2.35. The van der Waals surface area contributed by atoms with Gasteiger partial charge >= 0.3 is 0 Å². The first-order chi connectivity index (χ1) is 20.8. The van der Waals surface area contributed by atoms with Crippen molar-refractivity contribution in [2.45, 2.75) is 50.2 Å². The number of amides is 2. The fraction of sp³-hybridized carbons (Fsp3) is 0.235. The molecule has 0 heterocycles. The third kappa shape index (κ3) is 8.76. The molecule has 0 fully saturated rings. The summed E-state index contributed by atoms with van der Waals surface area (Å²) in [5.74, 6) is -1.51. The third-order valence-corrected chi connectivity index (χ3v) is 9.08. The van der Waals surface area contributed by atoms with Gasteiger partial charge in [0, 0.05) is 23.0 Å². The van der Waals surface area contributed by atoms with Crippen LogP contribution < -0.4 is 9.62 Å². The summed E-state index contributed by atoms with van der Waals surface area (Å²) in [5, 5.41) is 3.00. The molecule has 4 aromatic rings. The molecule has 0 aliphatic heterocycles. The second-order valence-electron chi connectivity index (χ2n) is 11.4. The lowest BCUT2D eigenvalue weighted by atomic mass is 10.0. The standard InChI is InChI=1S/C34H35BrFN3O4S/c1-34(2,3)37-33(41)31(22-25-10-6-4-7-11-25)38(23-26-14-16-27(35)17-15-26)32(40)24-39(29-20-18-28(36)19-21-29)44(42,43)30-12-8-5-9-13-30/h4-21,31H,22-24H2,1-3H3,(H,37,41). The van der Waals surface area contributed by atoms with E-state index < -0.39 is 39.9 Å². The summed E-state index contributed by atoms with van der Waals surface area (Å²) in [7, 11) is -4.25. The van der Waals surface area contributed by atoms with Crippen molar-refractivity contribution in [2.24, 2.45) is 0 Å². The zero-order chi connectivity index (χ0) is 31.9. The molecule has 0 aromatic heterocycles. The van der Waals surface area contributed by atoms with Crippen molar-refractivity contribution in [3.63, 3.8) is 0 Å². The summed E-state index contributed by atoms with van der Waals surface area (Å²) < 4.78 is 43.5. The molecule has 10 heteroatoms. The van der Waals surface area contributed by atoms with Gasteiger partial charge in [-0.1, -0.05) is 76.6 Å². The van der Waals surface area contributed by atoms with Crippen molar-refractivity contribution < 1.29 is 22.4 Å². The average Bonchev–Trinajstić information content (AvgIpc) is 2.99. The summed E-state index contributed by atoms with van der Waals surface area (Å²) in [6, 6.07) is 28.4. The summed E-state index contributed by atoms with van der Waals surface area (Å²) in [5.41, 5.74) is 1.12. The molecule has 1 atom stereocenters. The topological polar surface area (TPSA) is 86.8 Å². The van der Waals surface area contributed by atoms with E-state index in [-0.39, 0.29) is 29.5 Å². The molecule has 0 aliphatic carbocycles. The number of carbonyl (C=O) groups excluding carboxylic acids is 2. The van der Waals surface area contributed by atoms with Crippen LogP contribution in [-0.4, -0.2) is 43.3 Å². The molecule has 0 bridgehead atoms. The van der Waals surface area contributed by atoms with Crippen LogP contribution in [0.25, 0.3) is 0 Å². The van der Waals surface area contributed by atoms with E-state index in [0.29, 0.717) is 0 Å². The van der Waals surface area contributed by atoms with Gasteiger partial charge in [-0.25, -0.2) is 12.8 Å². The maximum atomic E-state index is 14.4. The average molecular weight is 681 g/mol. The number of nitrogens with zero attached hydrogens (tertiary/aromatic N) is 2. The number of rotatable bonds is 11. The predicted molar refractivity (Wildman–Crippen MR) is 174 cm³/mol. The van der Waals surface area contributed by atoms with Crippen molar-refractivity contribution in [3.05, 3.63) is 131 Å². The van der Waals surface area contributed by atoms with E-state index in [1.54, 1.807) is 18.2 Å². The van der Waals surface area contributed by atoms with Crippen molar-refractivity contribution in [1.82, 2.24) is 10.2 Å². The van der Waals surface area contributed by atoms with Gasteiger partial charge in [0.2, 0.25) is 11.8 Å². The van der Waals surface area contributed by atoms with Gasteiger partial charge in [0.05, 0.1) is 10.6 Å². The van der Waals surface area contributed by atoms with E-state index >= 15 is 0 Å². The Balaban J connectivity index is 1.80. The first kappa shape index (κ1) is 32.9. The number of sulfonamides is 1. The van der Waals surface area contributed by atoms with E-state index in [0.717, 1.165) is 32.0 Å². The molecular weight excluding hydrogens is 645 g/mol. The molecule has 0 aliphatic rings. The molecule has 2 amide bonds. The normalized spacial score (nSPS) is 12.3. The van der Waals surface area contributed by atoms with Crippen LogP contribution in [0.4, 0.5) is 10.1 Å². The smallest absolute Gasteiger partial charge is 0.264 e. The van der Waals surface area contributed by atoms with Gasteiger partial charge in [-0.2, -0.15) is 0 Å². The minimum atomic E-state index is -4.25. The highest BCUT2D eigenvalue weighted by molar-refractivity contribution is 9.10. The molecule has 0 spiro atoms. The van der Waals surface area contributed by atoms with Crippen LogP contribution in [0.3, 0.4) is 0 Å². The number of halogens is 2. The Morgan fingerprint density at radius 1 is 0.818 bits per heavy atom. The maximum absolute atomic E-state index is 14.4. The SMILES string of the molecule is CC(C)(C)NC(=O)C(Cc1ccccc1)N(Cc1ccc(Br)cc1)C(=O)CN(c1ccc(F)cc1)S(=O)(=O)c1ccccc1. The third-order valence-electron chi connectivity index (χ3n) is 6.76. The summed E-state index contributed by atoms with van der Waals surface area (Å²) in [6.45, 7) is 4.99. The highest BCUT2D eigenvalue weighted by atomic mass is 79.9. The van der Waals surface area contributed by atoms with Crippen LogP contribution in [0, 0.1) is 5.82 Å². The lowest BCUT2D eigenvalue weighted by Crippen LogP contribution is -2.56. The molecule has 1 N–H and O–H groups in total. The largest absolute Gasteiger partial charge is 0.350 e. The molecule has 44 heavy (non-hydrogen) atoms. The number of hydrogen-bond donors (Lipinski definition) is 1. The van der Waals surface area contributed by atoms with Crippen LogP contribution in [-0.2, 0) is 32.6 Å². The van der Waals surface area contributed by atoms with Crippen LogP contribution in [0.5, 0.6) is 0 Å². The number of hydrogen-bond acceptors (Lipinski definition) is 4. The Kier molecular flexibility index (Phi) is 10.6. The Bertz CT molecular complexity index is 1660. The van der Waals surface area contributed by atoms with Gasteiger partial charge in [0.25, 0.3) is 10.0 Å². The quantitative estimate of drug-likeness (QED) is 0.201. The van der Waals surface area contributed by atoms with Gasteiger partial charge in [0.1, 0.15) is 18.4 Å². The van der Waals surface area contributed by atoms with Crippen LogP contribution in [0.15, 0.2) is 119 Å². The number of benzene rings is 4. The van der Waals surface area contributed by atoms with Crippen molar-refractivity contribution in [2.75, 3.05) is 10.8 Å². The van der Waals surface area contributed by atoms with Gasteiger partial charge in [-0.3, -0.25) is 13.9 Å². The van der Waals surface area contributed by atoms with Crippen LogP contribution >= 0.6 is 15.9 Å². The van der Waals surface area contributed by atoms with E-state index in [1.165, 1.54) is 29.2 Å². The Hall–Kier alpha value is -4.02. The first-order valence-electron chi connectivity index (χ1n) is 14.1. The van der Waals surface area contributed by atoms with Crippen molar-refractivity contribution in [3.8, 4) is 0 Å². The first-order valence-corrected chi connectivity index (χ1v) is 16.3. The number of carbonyl (C=O) groups is 2. The minimum absolute atomic E-state index is 0.0251. The summed E-state index contributed by atoms with van der Waals surface area (Å²) in [6.07, 6.45) is 0.201. The lowest BCUT2D eigenvalue weighted by molar-refractivity contribution is -0.140. The zero-order valence-electron chi connectivity index (χ0n) is 24.8. The highest BCUT2D eigenvalue weighted by Crippen LogP contribution is 2.25. The predicted octanol–water partition coefficient (Wildman–Crippen LogP) is 6.34. The Labute approximate surface area is 266 Å². The minimum Gasteiger partial charge on any atom is -0.350 e. The molecule has 0 saturated heterocycles. The van der Waals surface area contributed by atoms with Gasteiger partial charge in [-0.15, -0.1) is 0 Å². The Morgan fingerprint density at radius 3 is 1.95 bits per heavy atom. The fourth-order valence-corrected chi connectivity index (χ4v) is 6.35. The summed E-state index contributed by atoms with van der Waals surface area (Å²) in [4.78, 5) is 29.7. The molecule has 230 valence electrons. The second-order valence-corrected chi connectivity index (χ2v) is 14.2. The molecule has 1 unspecified atom stereocenters. The van der Waals surface area contributed by atoms with E-state index in [9.17, 15) is 22.4 Å². The second kappa shape index (κ2) is 14.2. The summed E-state index contributed by atoms with van der Waals surface area (Å²) >= 11 is 3.43.